The van der Waals surface area contributed by atoms with E-state index in [0.717, 1.165) is 33.6 Å². The highest BCUT2D eigenvalue weighted by Gasteiger charge is 2.28. The second-order valence-electron chi connectivity index (χ2n) is 18.3. The summed E-state index contributed by atoms with van der Waals surface area (Å²) in [5.41, 5.74) is 8.90. The lowest BCUT2D eigenvalue weighted by Crippen LogP contribution is -2.29. The van der Waals surface area contributed by atoms with E-state index in [-0.39, 0.29) is 48.9 Å². The van der Waals surface area contributed by atoms with Gasteiger partial charge in [-0.2, -0.15) is 0 Å². The number of nitrogens with zero attached hydrogens (tertiary/aromatic N) is 9. The van der Waals surface area contributed by atoms with Crippen LogP contribution >= 0.6 is 0 Å². The van der Waals surface area contributed by atoms with E-state index >= 15 is 0 Å². The third-order valence-electron chi connectivity index (χ3n) is 13.8. The quantitative estimate of drug-likeness (QED) is 0.0783. The SMILES string of the molecule is COc1cc2c(cc1-c1c(C)coc1C)ncc1c2n([C@H](C)c2ccccn2)c(=O)n1CC(=O)CCCCC(=O)Cn1c(=O)n([C@H](C)c2ccccn2)c2c3cc(OC)c(-c4c(C)noc4C)cc3ncc21. The second kappa shape index (κ2) is 19.0. The molecule has 8 aromatic heterocycles. The van der Waals surface area contributed by atoms with E-state index < -0.39 is 12.1 Å². The molecular formula is C55H53N9O8. The van der Waals surface area contributed by atoms with E-state index in [1.165, 1.54) is 9.13 Å². The highest BCUT2D eigenvalue weighted by atomic mass is 16.5. The molecule has 0 aliphatic carbocycles. The summed E-state index contributed by atoms with van der Waals surface area (Å²) in [6.45, 7) is 11.0. The van der Waals surface area contributed by atoms with Gasteiger partial charge in [0.25, 0.3) is 0 Å². The van der Waals surface area contributed by atoms with Crippen molar-refractivity contribution < 1.29 is 28.0 Å². The summed E-state index contributed by atoms with van der Waals surface area (Å²) in [6, 6.07) is 17.7. The molecule has 0 aliphatic rings. The summed E-state index contributed by atoms with van der Waals surface area (Å²) in [5, 5.41) is 5.47. The summed E-state index contributed by atoms with van der Waals surface area (Å²) in [6.07, 6.45) is 9.37. The van der Waals surface area contributed by atoms with Gasteiger partial charge in [-0.25, -0.2) is 9.59 Å². The fraction of sp³-hybridized carbons (Fsp3) is 0.291. The predicted octanol–water partition coefficient (Wildman–Crippen LogP) is 9.59. The second-order valence-corrected chi connectivity index (χ2v) is 18.3. The van der Waals surface area contributed by atoms with Gasteiger partial charge in [-0.3, -0.25) is 47.8 Å². The van der Waals surface area contributed by atoms with Crippen LogP contribution in [0.3, 0.4) is 0 Å². The number of hydrogen-bond acceptors (Lipinski definition) is 13. The normalized spacial score (nSPS) is 12.6. The molecule has 0 saturated heterocycles. The van der Waals surface area contributed by atoms with Crippen molar-refractivity contribution in [2.24, 2.45) is 0 Å². The van der Waals surface area contributed by atoms with Gasteiger partial charge in [0.15, 0.2) is 11.6 Å². The molecule has 2 aromatic carbocycles. The molecule has 0 spiro atoms. The van der Waals surface area contributed by atoms with Crippen molar-refractivity contribution in [3.05, 3.63) is 147 Å². The Kier molecular flexibility index (Phi) is 12.5. The topological polar surface area (TPSA) is 197 Å². The Hall–Kier alpha value is -8.47. The zero-order valence-electron chi connectivity index (χ0n) is 41.3. The summed E-state index contributed by atoms with van der Waals surface area (Å²) in [4.78, 5) is 75.6. The number of rotatable bonds is 17. The number of pyridine rings is 4. The predicted molar refractivity (Wildman–Crippen MR) is 273 cm³/mol. The van der Waals surface area contributed by atoms with E-state index in [0.29, 0.717) is 91.1 Å². The van der Waals surface area contributed by atoms with E-state index in [1.54, 1.807) is 54.4 Å². The van der Waals surface area contributed by atoms with Crippen LogP contribution in [0.5, 0.6) is 11.5 Å². The van der Waals surface area contributed by atoms with Crippen molar-refractivity contribution in [3.63, 3.8) is 0 Å². The highest BCUT2D eigenvalue weighted by molar-refractivity contribution is 6.07. The number of imidazole rings is 2. The molecular weight excluding hydrogens is 915 g/mol. The monoisotopic (exact) mass is 967 g/mol. The van der Waals surface area contributed by atoms with Gasteiger partial charge in [0.1, 0.15) is 23.0 Å². The Labute approximate surface area is 412 Å². The van der Waals surface area contributed by atoms with Gasteiger partial charge >= 0.3 is 11.4 Å². The molecule has 0 N–H and O–H groups in total. The lowest BCUT2D eigenvalue weighted by atomic mass is 9.99. The third kappa shape index (κ3) is 8.13. The molecule has 0 amide bonds. The number of hydrogen-bond donors (Lipinski definition) is 0. The lowest BCUT2D eigenvalue weighted by molar-refractivity contribution is -0.121. The van der Waals surface area contributed by atoms with Crippen molar-refractivity contribution in [3.8, 4) is 33.8 Å². The molecule has 72 heavy (non-hydrogen) atoms. The maximum absolute atomic E-state index is 14.6. The molecule has 0 fully saturated rings. The fourth-order valence-corrected chi connectivity index (χ4v) is 10.2. The highest BCUT2D eigenvalue weighted by Crippen LogP contribution is 2.42. The number of furan rings is 1. The Morgan fingerprint density at radius 1 is 0.639 bits per heavy atom. The maximum Gasteiger partial charge on any atom is 0.330 e. The van der Waals surface area contributed by atoms with Gasteiger partial charge in [-0.15, -0.1) is 0 Å². The molecule has 10 rings (SSSR count). The van der Waals surface area contributed by atoms with Crippen molar-refractivity contribution in [2.75, 3.05) is 14.2 Å². The summed E-state index contributed by atoms with van der Waals surface area (Å²) in [7, 11) is 3.18. The van der Waals surface area contributed by atoms with Crippen LogP contribution in [0.25, 0.3) is 66.1 Å². The molecule has 0 radical (unpaired) electrons. The van der Waals surface area contributed by atoms with E-state index in [9.17, 15) is 19.2 Å². The van der Waals surface area contributed by atoms with Crippen molar-refractivity contribution in [2.45, 2.75) is 92.4 Å². The first-order valence-corrected chi connectivity index (χ1v) is 23.9. The molecule has 17 nitrogen and oxygen atoms in total. The van der Waals surface area contributed by atoms with Gasteiger partial charge in [0, 0.05) is 52.7 Å². The first-order valence-electron chi connectivity index (χ1n) is 23.9. The molecule has 10 aromatic rings. The number of methoxy groups -OCH3 is 2. The number of fused-ring (bicyclic) bond motifs is 6. The van der Waals surface area contributed by atoms with Gasteiger partial charge < -0.3 is 18.4 Å². The lowest BCUT2D eigenvalue weighted by Gasteiger charge is -2.15. The largest absolute Gasteiger partial charge is 0.496 e. The van der Waals surface area contributed by atoms with E-state index in [4.69, 9.17) is 28.4 Å². The first-order chi connectivity index (χ1) is 34.8. The van der Waals surface area contributed by atoms with Gasteiger partial charge in [-0.05, 0) is 108 Å². The average molecular weight is 968 g/mol. The number of Topliss-reactive ketones (excluding diaryl/α,β-unsaturated/α-hetero) is 2. The summed E-state index contributed by atoms with van der Waals surface area (Å²) >= 11 is 0. The molecule has 2 atom stereocenters. The third-order valence-corrected chi connectivity index (χ3v) is 13.8. The van der Waals surface area contributed by atoms with Crippen LogP contribution in [0.1, 0.15) is 85.8 Å². The van der Waals surface area contributed by atoms with Crippen LogP contribution in [0, 0.1) is 27.7 Å². The Morgan fingerprint density at radius 2 is 1.12 bits per heavy atom. The number of aromatic nitrogens is 9. The molecule has 366 valence electrons. The number of carbonyl (C=O) groups excluding carboxylic acids is 2. The zero-order valence-corrected chi connectivity index (χ0v) is 41.3. The molecule has 0 aliphatic heterocycles. The Balaban J connectivity index is 0.914. The van der Waals surface area contributed by atoms with Crippen molar-refractivity contribution >= 4 is 55.4 Å². The standard InChI is InChI=1S/C55H53N9O8/c1-30-29-71-34(5)50(30)40-21-44-38(23-48(40)69-7)52-46(25-58-44)61(54(67)63(52)32(3)42-17-11-13-19-56-42)27-36(65)15-9-10-16-37(66)28-62-47-26-59-45-22-41(51-31(2)60-72-35(51)6)49(70-8)24-39(45)53(47)64(55(62)68)33(4)43-18-12-14-20-57-43/h11-14,17-26,29,32-33H,9-10,15-16,27-28H2,1-8H3/t32-,33-/m1/s1. The smallest absolute Gasteiger partial charge is 0.330 e. The van der Waals surface area contributed by atoms with Gasteiger partial charge in [0.2, 0.25) is 0 Å². The minimum atomic E-state index is -0.506. The van der Waals surface area contributed by atoms with Crippen LogP contribution in [0.4, 0.5) is 0 Å². The van der Waals surface area contributed by atoms with Gasteiger partial charge in [0.05, 0.1) is 114 Å². The van der Waals surface area contributed by atoms with E-state index in [1.807, 2.05) is 102 Å². The number of unbranched alkanes of at least 4 members (excludes halogenated alkanes) is 1. The van der Waals surface area contributed by atoms with Crippen LogP contribution in [0.15, 0.2) is 110 Å². The molecule has 8 heterocycles. The zero-order chi connectivity index (χ0) is 50.5. The van der Waals surface area contributed by atoms with Crippen LogP contribution in [-0.4, -0.2) is 69.1 Å². The average Bonchev–Trinajstić information content (AvgIpc) is 4.09. The number of ketones is 2. The van der Waals surface area contributed by atoms with Crippen LogP contribution in [0.2, 0.25) is 0 Å². The molecule has 0 unspecified atom stereocenters. The number of carbonyl (C=O) groups is 2. The first kappa shape index (κ1) is 47.2. The molecule has 17 heteroatoms. The molecule has 0 saturated carbocycles. The minimum absolute atomic E-state index is 0.121. The van der Waals surface area contributed by atoms with Crippen molar-refractivity contribution in [1.82, 2.24) is 43.4 Å². The fourth-order valence-electron chi connectivity index (χ4n) is 10.2. The number of aryl methyl sites for hydroxylation is 4. The Bertz CT molecular complexity index is 3570. The maximum atomic E-state index is 14.6. The molecule has 0 bridgehead atoms. The van der Waals surface area contributed by atoms with Crippen LogP contribution in [-0.2, 0) is 22.7 Å². The van der Waals surface area contributed by atoms with Crippen molar-refractivity contribution in [1.29, 1.82) is 0 Å². The minimum Gasteiger partial charge on any atom is -0.496 e. The Morgan fingerprint density at radius 3 is 1.53 bits per heavy atom. The summed E-state index contributed by atoms with van der Waals surface area (Å²) in [5.74, 6) is 2.13. The number of ether oxygens (including phenoxy) is 2. The van der Waals surface area contributed by atoms with Crippen LogP contribution < -0.4 is 20.9 Å². The number of benzene rings is 2. The van der Waals surface area contributed by atoms with Gasteiger partial charge in [-0.1, -0.05) is 17.3 Å². The van der Waals surface area contributed by atoms with E-state index in [2.05, 4.69) is 15.1 Å². The summed E-state index contributed by atoms with van der Waals surface area (Å²) < 4.78 is 29.3.